The maximum absolute atomic E-state index is 9.19. The van der Waals surface area contributed by atoms with E-state index in [2.05, 4.69) is 355 Å². The van der Waals surface area contributed by atoms with Gasteiger partial charge in [-0.15, -0.1) is 0 Å². The molecule has 0 fully saturated rings. The Bertz CT molecular complexity index is 4500. The number of anilines is 15. The van der Waals surface area contributed by atoms with Crippen molar-refractivity contribution >= 4 is 85.3 Å². The van der Waals surface area contributed by atoms with Gasteiger partial charge in [-0.2, -0.15) is 10.5 Å². The topological polar surface area (TPSA) is 67.0 Å². The summed E-state index contributed by atoms with van der Waals surface area (Å²) in [5.74, 6) is 0. The molecule has 0 aliphatic heterocycles. The number of rotatable bonds is 16. The highest BCUT2D eigenvalue weighted by Gasteiger charge is 2.17. The Morgan fingerprint density at radius 2 is 0.411 bits per heavy atom. The molecule has 0 saturated carbocycles. The van der Waals surface area contributed by atoms with Gasteiger partial charge in [0.2, 0.25) is 0 Å². The van der Waals surface area contributed by atoms with E-state index in [0.717, 1.165) is 73.9 Å². The highest BCUT2D eigenvalue weighted by Crippen LogP contribution is 2.40. The van der Waals surface area contributed by atoms with Gasteiger partial charge in [0.15, 0.2) is 0 Å². The number of nitriles is 2. The summed E-state index contributed by atoms with van der Waals surface area (Å²) in [6.07, 6.45) is 0. The van der Waals surface area contributed by atoms with E-state index >= 15 is 0 Å². The summed E-state index contributed by atoms with van der Waals surface area (Å²) < 4.78 is 0. The van der Waals surface area contributed by atoms with Gasteiger partial charge in [0, 0.05) is 106 Å². The van der Waals surface area contributed by atoms with Gasteiger partial charge in [-0.3, -0.25) is 0 Å². The van der Waals surface area contributed by atoms with E-state index in [4.69, 9.17) is 5.26 Å². The van der Waals surface area contributed by atoms with Crippen LogP contribution >= 0.6 is 0 Å². The van der Waals surface area contributed by atoms with Gasteiger partial charge >= 0.3 is 0 Å². The van der Waals surface area contributed by atoms with Crippen molar-refractivity contribution in [2.45, 2.75) is 27.7 Å². The van der Waals surface area contributed by atoms with E-state index in [1.54, 1.807) is 0 Å². The minimum Gasteiger partial charge on any atom is -0.345 e. The highest BCUT2D eigenvalue weighted by molar-refractivity contribution is 5.82. The Hall–Kier alpha value is -12.4. The Morgan fingerprint density at radius 3 is 0.716 bits per heavy atom. The van der Waals surface area contributed by atoms with Crippen molar-refractivity contribution in [2.24, 2.45) is 0 Å². The summed E-state index contributed by atoms with van der Waals surface area (Å²) in [7, 11) is 6.15. The molecule has 0 radical (unpaired) electrons. The molecule has 8 nitrogen and oxygen atoms in total. The van der Waals surface area contributed by atoms with Gasteiger partial charge < -0.3 is 29.4 Å². The lowest BCUT2D eigenvalue weighted by Gasteiger charge is -2.27. The summed E-state index contributed by atoms with van der Waals surface area (Å²) in [6.45, 7) is 8.42. The molecule has 0 spiro atoms. The van der Waals surface area contributed by atoms with Crippen LogP contribution in [0.4, 0.5) is 85.3 Å². The van der Waals surface area contributed by atoms with E-state index < -0.39 is 0 Å². The summed E-state index contributed by atoms with van der Waals surface area (Å²) in [5.41, 5.74) is 25.3. The summed E-state index contributed by atoms with van der Waals surface area (Å²) in [5, 5.41) is 18.2. The molecule has 95 heavy (non-hydrogen) atoms. The fraction of sp³-hybridized carbons (Fsp3) is 0.0805. The molecule has 0 aliphatic carbocycles. The first-order valence-electron chi connectivity index (χ1n) is 31.8. The number of benzene rings is 13. The van der Waals surface area contributed by atoms with Crippen LogP contribution in [-0.4, -0.2) is 21.1 Å². The molecule has 13 aromatic rings. The van der Waals surface area contributed by atoms with E-state index in [1.807, 2.05) is 68.7 Å². The van der Waals surface area contributed by atoms with E-state index in [-0.39, 0.29) is 0 Å². The van der Waals surface area contributed by atoms with Gasteiger partial charge in [0.1, 0.15) is 0 Å². The van der Waals surface area contributed by atoms with Crippen molar-refractivity contribution in [3.05, 3.63) is 367 Å². The largest absolute Gasteiger partial charge is 0.345 e. The lowest BCUT2D eigenvalue weighted by atomic mass is 10.0. The maximum Gasteiger partial charge on any atom is 0.0992 e. The third-order valence-electron chi connectivity index (χ3n) is 16.8. The van der Waals surface area contributed by atoms with E-state index in [1.165, 1.54) is 44.8 Å². The predicted molar refractivity (Wildman–Crippen MR) is 401 cm³/mol. The number of hydrogen-bond donors (Lipinski definition) is 0. The molecule has 0 amide bonds. The molecule has 0 atom stereocenters. The zero-order valence-electron chi connectivity index (χ0n) is 54.8. The first kappa shape index (κ1) is 64.2. The molecule has 0 N–H and O–H groups in total. The zero-order chi connectivity index (χ0) is 66.0. The number of hydrogen-bond acceptors (Lipinski definition) is 8. The molecule has 0 heterocycles. The Labute approximate surface area is 561 Å². The molecule has 13 rings (SSSR count). The van der Waals surface area contributed by atoms with Crippen LogP contribution in [0, 0.1) is 50.4 Å². The van der Waals surface area contributed by atoms with Crippen LogP contribution in [0.25, 0.3) is 11.1 Å². The van der Waals surface area contributed by atoms with E-state index in [0.29, 0.717) is 11.1 Å². The lowest BCUT2D eigenvalue weighted by molar-refractivity contribution is 1.20. The monoisotopic (exact) mass is 1230 g/mol. The van der Waals surface area contributed by atoms with Gasteiger partial charge in [-0.1, -0.05) is 156 Å². The van der Waals surface area contributed by atoms with Crippen LogP contribution in [0.15, 0.2) is 334 Å². The van der Waals surface area contributed by atoms with Crippen molar-refractivity contribution in [2.75, 3.05) is 50.5 Å². The number of nitrogens with zero attached hydrogens (tertiary/aromatic N) is 8. The maximum atomic E-state index is 9.19. The van der Waals surface area contributed by atoms with Crippen molar-refractivity contribution in [1.82, 2.24) is 0 Å². The minimum atomic E-state index is 0.658. The van der Waals surface area contributed by atoms with Gasteiger partial charge in [-0.05, 0) is 239 Å². The van der Waals surface area contributed by atoms with Crippen LogP contribution in [0.5, 0.6) is 0 Å². The van der Waals surface area contributed by atoms with Crippen LogP contribution < -0.4 is 29.4 Å². The summed E-state index contributed by atoms with van der Waals surface area (Å²) >= 11 is 0. The normalized spacial score (nSPS) is 10.5. The molecule has 13 aromatic carbocycles. The molecule has 0 aromatic heterocycles. The third kappa shape index (κ3) is 16.0. The number of para-hydroxylation sites is 3. The van der Waals surface area contributed by atoms with Crippen molar-refractivity contribution in [3.8, 4) is 23.3 Å². The van der Waals surface area contributed by atoms with Crippen molar-refractivity contribution in [1.29, 1.82) is 10.5 Å². The Balaban J connectivity index is 0.000000145. The Morgan fingerprint density at radius 1 is 0.200 bits per heavy atom. The van der Waals surface area contributed by atoms with Gasteiger partial charge in [0.25, 0.3) is 0 Å². The van der Waals surface area contributed by atoms with Crippen LogP contribution in [0.3, 0.4) is 0 Å². The SMILES string of the molecule is CN(c1ccccc1)c1ccc(-c2ccc(N(c3ccccc3)c3ccccc3)cc2)cc1.Cc1ccc(N(c2ccc(C)cc2)c2ccc(N(C)c3ccc(C#N)cc3)cc2)cc1.Cc1ccc(N(c2ccc(C)cc2)c2ccc(N(C)c3cccc(C#N)c3)cc2)cc1. The average Bonchev–Trinajstić information content (AvgIpc) is 0.910. The van der Waals surface area contributed by atoms with Crippen LogP contribution in [-0.2, 0) is 0 Å². The second-order valence-corrected chi connectivity index (χ2v) is 23.5. The lowest BCUT2D eigenvalue weighted by Crippen LogP contribution is -2.12. The van der Waals surface area contributed by atoms with Crippen LogP contribution in [0.2, 0.25) is 0 Å². The van der Waals surface area contributed by atoms with Crippen molar-refractivity contribution < 1.29 is 0 Å². The third-order valence-corrected chi connectivity index (χ3v) is 16.8. The van der Waals surface area contributed by atoms with Crippen molar-refractivity contribution in [3.63, 3.8) is 0 Å². The van der Waals surface area contributed by atoms with Gasteiger partial charge in [0.05, 0.1) is 23.3 Å². The minimum absolute atomic E-state index is 0.658. The van der Waals surface area contributed by atoms with Crippen LogP contribution in [0.1, 0.15) is 33.4 Å². The second kappa shape index (κ2) is 30.6. The smallest absolute Gasteiger partial charge is 0.0992 e. The average molecular weight is 1230 g/mol. The first-order valence-corrected chi connectivity index (χ1v) is 31.8. The molecular formula is C87H76N8. The molecule has 464 valence electrons. The summed E-state index contributed by atoms with van der Waals surface area (Å²) in [6, 6.07) is 120. The first-order chi connectivity index (χ1) is 46.4. The fourth-order valence-electron chi connectivity index (χ4n) is 11.2. The predicted octanol–water partition coefficient (Wildman–Crippen LogP) is 23.4. The molecular weight excluding hydrogens is 1160 g/mol. The molecule has 0 unspecified atom stereocenters. The molecule has 0 bridgehead atoms. The van der Waals surface area contributed by atoms with E-state index in [9.17, 15) is 5.26 Å². The Kier molecular flexibility index (Phi) is 20.7. The molecule has 0 aliphatic rings. The molecule has 0 saturated heterocycles. The standard InChI is InChI=1S/C31H26N2.2C28H25N3/c1-32(27-11-5-2-6-12-27)28-21-17-25(18-22-28)26-19-23-31(24-20-26)33(29-13-7-3-8-14-29)30-15-9-4-10-16-30;1-21-4-10-26(11-5-21)31(27-12-6-22(2)7-13-27)28-18-16-25(17-19-28)30(3)24-14-8-23(20-29)9-15-24;1-21-7-11-25(12-8-21)31(26-13-9-22(2)10-14-26)27-17-15-24(16-18-27)30(3)28-6-4-5-23(19-28)20-29/h2-24H,1H3;2*4-19H,1-3H3. The highest BCUT2D eigenvalue weighted by atomic mass is 15.2. The second-order valence-electron chi connectivity index (χ2n) is 23.5. The fourth-order valence-corrected chi connectivity index (χ4v) is 11.2. The zero-order valence-corrected chi connectivity index (χ0v) is 54.8. The van der Waals surface area contributed by atoms with Gasteiger partial charge in [-0.25, -0.2) is 0 Å². The quantitative estimate of drug-likeness (QED) is 0.0948. The molecule has 8 heteroatoms. The number of aryl methyl sites for hydroxylation is 4. The summed E-state index contributed by atoms with van der Waals surface area (Å²) in [4.78, 5) is 13.2.